The molecule has 1 N–H and O–H groups in total. The van der Waals surface area contributed by atoms with E-state index in [1.807, 2.05) is 12.4 Å². The van der Waals surface area contributed by atoms with Gasteiger partial charge < -0.3 is 10.2 Å². The summed E-state index contributed by atoms with van der Waals surface area (Å²) in [4.78, 5) is 6.44. The highest BCUT2D eigenvalue weighted by molar-refractivity contribution is 5.09. The smallest absolute Gasteiger partial charge is 0.0270 e. The number of hydrogen-bond donors (Lipinski definition) is 1. The molecule has 2 atom stereocenters. The van der Waals surface area contributed by atoms with E-state index >= 15 is 0 Å². The van der Waals surface area contributed by atoms with Crippen LogP contribution in [-0.2, 0) is 6.42 Å². The molecule has 0 radical (unpaired) electrons. The highest BCUT2D eigenvalue weighted by atomic mass is 15.2. The lowest BCUT2D eigenvalue weighted by Gasteiger charge is -2.13. The average Bonchev–Trinajstić information content (AvgIpc) is 2.60. The molecule has 1 aliphatic rings. The van der Waals surface area contributed by atoms with E-state index in [-0.39, 0.29) is 0 Å². The normalized spacial score (nSPS) is 26.1. The van der Waals surface area contributed by atoms with Crippen molar-refractivity contribution in [3.8, 4) is 0 Å². The quantitative estimate of drug-likeness (QED) is 0.827. The third-order valence-corrected chi connectivity index (χ3v) is 3.48. The summed E-state index contributed by atoms with van der Waals surface area (Å²) in [7, 11) is 2.20. The van der Waals surface area contributed by atoms with Crippen molar-refractivity contribution in [2.75, 3.05) is 20.1 Å². The number of likely N-dealkylation sites (N-methyl/N-ethyl adjacent to an activating group) is 1. The standard InChI is InChI=1S/C13H21N3/c1-11-9-13(10-16(11)2)15-8-5-12-3-6-14-7-4-12/h3-4,6-7,11,13,15H,5,8-10H2,1-2H3. The Morgan fingerprint density at radius 3 is 2.81 bits per heavy atom. The van der Waals surface area contributed by atoms with Gasteiger partial charge >= 0.3 is 0 Å². The van der Waals surface area contributed by atoms with Crippen molar-refractivity contribution in [3.05, 3.63) is 30.1 Å². The van der Waals surface area contributed by atoms with Crippen molar-refractivity contribution in [3.63, 3.8) is 0 Å². The minimum Gasteiger partial charge on any atom is -0.312 e. The molecule has 0 spiro atoms. The lowest BCUT2D eigenvalue weighted by Crippen LogP contribution is -2.32. The number of rotatable bonds is 4. The maximum absolute atomic E-state index is 4.02. The first kappa shape index (κ1) is 11.6. The van der Waals surface area contributed by atoms with Gasteiger partial charge in [0.1, 0.15) is 0 Å². The molecule has 1 saturated heterocycles. The van der Waals surface area contributed by atoms with Crippen LogP contribution in [0.4, 0.5) is 0 Å². The highest BCUT2D eigenvalue weighted by Crippen LogP contribution is 2.14. The van der Waals surface area contributed by atoms with Crippen LogP contribution in [0.2, 0.25) is 0 Å². The fraction of sp³-hybridized carbons (Fsp3) is 0.615. The van der Waals surface area contributed by atoms with Crippen LogP contribution in [0.15, 0.2) is 24.5 Å². The predicted octanol–water partition coefficient (Wildman–Crippen LogP) is 1.31. The minimum atomic E-state index is 0.668. The molecule has 16 heavy (non-hydrogen) atoms. The Labute approximate surface area is 97.9 Å². The van der Waals surface area contributed by atoms with E-state index in [4.69, 9.17) is 0 Å². The van der Waals surface area contributed by atoms with Gasteiger partial charge in [-0.15, -0.1) is 0 Å². The molecule has 0 bridgehead atoms. The Balaban J connectivity index is 1.69. The first-order valence-corrected chi connectivity index (χ1v) is 6.08. The van der Waals surface area contributed by atoms with Crippen molar-refractivity contribution >= 4 is 0 Å². The van der Waals surface area contributed by atoms with E-state index in [0.29, 0.717) is 6.04 Å². The average molecular weight is 219 g/mol. The maximum Gasteiger partial charge on any atom is 0.0270 e. The fourth-order valence-corrected chi connectivity index (χ4v) is 2.31. The van der Waals surface area contributed by atoms with Crippen LogP contribution in [0.1, 0.15) is 18.9 Å². The van der Waals surface area contributed by atoms with E-state index in [1.54, 1.807) is 0 Å². The Morgan fingerprint density at radius 2 is 2.19 bits per heavy atom. The van der Waals surface area contributed by atoms with Crippen LogP contribution in [0, 0.1) is 0 Å². The lowest BCUT2D eigenvalue weighted by atomic mass is 10.1. The molecule has 0 aromatic carbocycles. The SMILES string of the molecule is CC1CC(NCCc2ccncc2)CN1C. The molecular weight excluding hydrogens is 198 g/mol. The van der Waals surface area contributed by atoms with Crippen LogP contribution in [0.25, 0.3) is 0 Å². The summed E-state index contributed by atoms with van der Waals surface area (Å²) >= 11 is 0. The summed E-state index contributed by atoms with van der Waals surface area (Å²) in [6, 6.07) is 5.57. The second-order valence-corrected chi connectivity index (χ2v) is 4.78. The molecule has 3 nitrogen and oxygen atoms in total. The van der Waals surface area contributed by atoms with Gasteiger partial charge in [0.05, 0.1) is 0 Å². The molecule has 88 valence electrons. The number of hydrogen-bond acceptors (Lipinski definition) is 3. The van der Waals surface area contributed by atoms with Gasteiger partial charge in [0, 0.05) is 31.0 Å². The van der Waals surface area contributed by atoms with Crippen LogP contribution >= 0.6 is 0 Å². The molecule has 1 aliphatic heterocycles. The third-order valence-electron chi connectivity index (χ3n) is 3.48. The van der Waals surface area contributed by atoms with Gasteiger partial charge in [-0.25, -0.2) is 0 Å². The van der Waals surface area contributed by atoms with Crippen molar-refractivity contribution in [1.29, 1.82) is 0 Å². The second-order valence-electron chi connectivity index (χ2n) is 4.78. The topological polar surface area (TPSA) is 28.2 Å². The first-order valence-electron chi connectivity index (χ1n) is 6.08. The zero-order chi connectivity index (χ0) is 11.4. The van der Waals surface area contributed by atoms with Gasteiger partial charge in [-0.3, -0.25) is 4.98 Å². The van der Waals surface area contributed by atoms with E-state index in [9.17, 15) is 0 Å². The van der Waals surface area contributed by atoms with E-state index in [1.165, 1.54) is 18.5 Å². The summed E-state index contributed by atoms with van der Waals surface area (Å²) in [5.74, 6) is 0. The molecule has 0 saturated carbocycles. The van der Waals surface area contributed by atoms with E-state index in [2.05, 4.69) is 41.3 Å². The van der Waals surface area contributed by atoms with E-state index < -0.39 is 0 Å². The predicted molar refractivity (Wildman–Crippen MR) is 66.4 cm³/mol. The molecule has 1 aromatic rings. The highest BCUT2D eigenvalue weighted by Gasteiger charge is 2.24. The Hall–Kier alpha value is -0.930. The van der Waals surface area contributed by atoms with Gasteiger partial charge in [0.2, 0.25) is 0 Å². The third kappa shape index (κ3) is 3.03. The van der Waals surface area contributed by atoms with Crippen LogP contribution in [0.3, 0.4) is 0 Å². The van der Waals surface area contributed by atoms with Gasteiger partial charge in [-0.05, 0) is 51.1 Å². The summed E-state index contributed by atoms with van der Waals surface area (Å²) < 4.78 is 0. The van der Waals surface area contributed by atoms with Crippen molar-refractivity contribution in [2.24, 2.45) is 0 Å². The number of nitrogens with one attached hydrogen (secondary N) is 1. The van der Waals surface area contributed by atoms with Crippen LogP contribution in [-0.4, -0.2) is 42.1 Å². The zero-order valence-corrected chi connectivity index (χ0v) is 10.2. The Kier molecular flexibility index (Phi) is 3.91. The first-order chi connectivity index (χ1) is 7.75. The van der Waals surface area contributed by atoms with Crippen molar-refractivity contribution in [2.45, 2.75) is 31.8 Å². The van der Waals surface area contributed by atoms with Gasteiger partial charge in [0.15, 0.2) is 0 Å². The van der Waals surface area contributed by atoms with Gasteiger partial charge in [0.25, 0.3) is 0 Å². The summed E-state index contributed by atoms with van der Waals surface area (Å²) in [6.45, 7) is 4.54. The largest absolute Gasteiger partial charge is 0.312 e. The molecule has 1 fully saturated rings. The molecular formula is C13H21N3. The Bertz CT molecular complexity index is 302. The minimum absolute atomic E-state index is 0.668. The molecule has 0 amide bonds. The monoisotopic (exact) mass is 219 g/mol. The summed E-state index contributed by atoms with van der Waals surface area (Å²) in [5, 5.41) is 3.63. The summed E-state index contributed by atoms with van der Waals surface area (Å²) in [5.41, 5.74) is 1.36. The summed E-state index contributed by atoms with van der Waals surface area (Å²) in [6.07, 6.45) is 6.09. The molecule has 0 aliphatic carbocycles. The fourth-order valence-electron chi connectivity index (χ4n) is 2.31. The number of pyridine rings is 1. The Morgan fingerprint density at radius 1 is 1.44 bits per heavy atom. The van der Waals surface area contributed by atoms with Crippen LogP contribution in [0.5, 0.6) is 0 Å². The maximum atomic E-state index is 4.02. The molecule has 2 heterocycles. The number of aromatic nitrogens is 1. The molecule has 2 unspecified atom stereocenters. The van der Waals surface area contributed by atoms with E-state index in [0.717, 1.165) is 19.0 Å². The lowest BCUT2D eigenvalue weighted by molar-refractivity contribution is 0.327. The van der Waals surface area contributed by atoms with Crippen LogP contribution < -0.4 is 5.32 Å². The molecule has 2 rings (SSSR count). The van der Waals surface area contributed by atoms with Gasteiger partial charge in [-0.2, -0.15) is 0 Å². The molecule has 3 heteroatoms. The van der Waals surface area contributed by atoms with Gasteiger partial charge in [-0.1, -0.05) is 0 Å². The second kappa shape index (κ2) is 5.41. The molecule has 1 aromatic heterocycles. The number of nitrogens with zero attached hydrogens (tertiary/aromatic N) is 2. The van der Waals surface area contributed by atoms with Crippen molar-refractivity contribution < 1.29 is 0 Å². The zero-order valence-electron chi connectivity index (χ0n) is 10.2. The number of likely N-dealkylation sites (tertiary alicyclic amines) is 1. The van der Waals surface area contributed by atoms with Crippen molar-refractivity contribution in [1.82, 2.24) is 15.2 Å².